The summed E-state index contributed by atoms with van der Waals surface area (Å²) in [5.41, 5.74) is 10.9. The number of fused-ring (bicyclic) bond motifs is 15. The molecule has 109 heavy (non-hydrogen) atoms. The van der Waals surface area contributed by atoms with Crippen molar-refractivity contribution in [3.05, 3.63) is 135 Å². The normalized spacial score (nSPS) is 28.1. The van der Waals surface area contributed by atoms with Gasteiger partial charge in [-0.3, -0.25) is 38.4 Å². The van der Waals surface area contributed by atoms with Crippen molar-refractivity contribution in [2.24, 2.45) is 17.4 Å². The molecule has 2 fully saturated rings. The Labute approximate surface area is 638 Å². The Bertz CT molecular complexity index is 4190. The first-order valence-corrected chi connectivity index (χ1v) is 36.9. The minimum absolute atomic E-state index is 0.0438. The van der Waals surface area contributed by atoms with Gasteiger partial charge in [0.2, 0.25) is 53.4 Å². The van der Waals surface area contributed by atoms with Crippen LogP contribution in [0.5, 0.6) is 28.7 Å². The molecular weight excluding hydrogens is 1460 g/mol. The maximum atomic E-state index is 16.3. The second kappa shape index (κ2) is 36.2. The summed E-state index contributed by atoms with van der Waals surface area (Å²) in [5, 5.41) is 86.4. The number of benzene rings is 5. The Balaban J connectivity index is 1.23. The molecule has 33 heteroatoms. The van der Waals surface area contributed by atoms with Gasteiger partial charge in [0.05, 0.1) is 41.3 Å². The lowest BCUT2D eigenvalue weighted by Crippen LogP contribution is -2.64. The number of primary amides is 1. The largest absolute Gasteiger partial charge is 0.479 e. The SMILES string of the molecule is CCCCCCCCCC(=O)O[C@@H]1c2ccc(c(Cl)c2)Oc2cc3cc(c2O[C@@H]2O[C@H](CO)[C@@H](O)[C@H](O)[C@H]2O[C@H]2C[C@](C)(N)[C@H](O)[C@H](C)O2)Oc2ccc(cc2Cl)[C@@H](O)[C@@H](NC(=O)[C@@H](CC(C)C)NC)C(=O)N[C@@H](CC(N)=O)C(=O)N[C@H]3C(=O)N[C@H]2C(=O)N[C@@H]1C(=O)N[C@H](C(=O)O)c1ccccc1-c1cccc2c1. The first-order chi connectivity index (χ1) is 51.9. The Morgan fingerprint density at radius 3 is 1.97 bits per heavy atom. The molecule has 0 spiro atoms. The van der Waals surface area contributed by atoms with Gasteiger partial charge < -0.3 is 112 Å². The van der Waals surface area contributed by atoms with E-state index < -0.39 is 193 Å². The maximum Gasteiger partial charge on any atom is 0.330 e. The average molecular weight is 1560 g/mol. The first-order valence-electron chi connectivity index (χ1n) is 36.2. The zero-order chi connectivity index (χ0) is 78.9. The van der Waals surface area contributed by atoms with Crippen molar-refractivity contribution < 1.29 is 107 Å². The van der Waals surface area contributed by atoms with E-state index in [0.29, 0.717) is 12.8 Å². The molecule has 0 radical (unpaired) electrons. The van der Waals surface area contributed by atoms with Gasteiger partial charge in [-0.15, -0.1) is 0 Å². The molecule has 11 bridgehead atoms. The minimum atomic E-state index is -2.25. The van der Waals surface area contributed by atoms with Gasteiger partial charge in [0.15, 0.2) is 36.0 Å². The Morgan fingerprint density at radius 2 is 1.34 bits per heavy atom. The molecule has 0 aliphatic carbocycles. The third-order valence-corrected chi connectivity index (χ3v) is 20.3. The zero-order valence-electron chi connectivity index (χ0n) is 60.7. The molecule has 0 aromatic heterocycles. The lowest BCUT2D eigenvalue weighted by Gasteiger charge is -2.47. The highest BCUT2D eigenvalue weighted by atomic mass is 35.5. The van der Waals surface area contributed by atoms with E-state index in [1.807, 2.05) is 13.8 Å². The molecule has 7 amide bonds. The van der Waals surface area contributed by atoms with Crippen LogP contribution in [0.15, 0.2) is 97.1 Å². The number of unbranched alkanes of at least 4 members (excludes halogenated alkanes) is 6. The topological polar surface area (TPSA) is 476 Å². The summed E-state index contributed by atoms with van der Waals surface area (Å²) in [6, 6.07) is 8.55. The minimum Gasteiger partial charge on any atom is -0.479 e. The number of nitrogens with two attached hydrogens (primary N) is 2. The lowest BCUT2D eigenvalue weighted by atomic mass is 9.86. The fraction of sp³-hybridized carbons (Fsp3) is 0.487. The highest BCUT2D eigenvalue weighted by Gasteiger charge is 2.52. The van der Waals surface area contributed by atoms with Gasteiger partial charge in [0.25, 0.3) is 0 Å². The summed E-state index contributed by atoms with van der Waals surface area (Å²) in [6.07, 6.45) is -12.5. The van der Waals surface area contributed by atoms with Crippen LogP contribution in [0, 0.1) is 5.92 Å². The number of carbonyl (C=O) groups excluding carboxylic acids is 8. The molecule has 7 aliphatic rings. The quantitative estimate of drug-likeness (QED) is 0.0330. The number of aliphatic carboxylic acids is 1. The fourth-order valence-corrected chi connectivity index (χ4v) is 14.3. The molecule has 17 N–H and O–H groups in total. The molecule has 5 aromatic carbocycles. The van der Waals surface area contributed by atoms with Gasteiger partial charge >= 0.3 is 11.9 Å². The molecule has 5 aromatic rings. The van der Waals surface area contributed by atoms with E-state index >= 15 is 19.2 Å². The molecule has 2 saturated heterocycles. The highest BCUT2D eigenvalue weighted by Crippen LogP contribution is 2.49. The van der Waals surface area contributed by atoms with E-state index in [4.69, 9.17) is 67.8 Å². The van der Waals surface area contributed by atoms with Crippen molar-refractivity contribution in [3.8, 4) is 39.9 Å². The zero-order valence-corrected chi connectivity index (χ0v) is 62.3. The van der Waals surface area contributed by atoms with Gasteiger partial charge in [-0.05, 0) is 121 Å². The average Bonchev–Trinajstić information content (AvgIpc) is 0.767. The third-order valence-electron chi connectivity index (χ3n) is 19.7. The summed E-state index contributed by atoms with van der Waals surface area (Å²) in [6.45, 7) is 7.87. The predicted molar refractivity (Wildman–Crippen MR) is 391 cm³/mol. The number of rotatable bonds is 22. The summed E-state index contributed by atoms with van der Waals surface area (Å²) < 4.78 is 45.2. The molecule has 31 nitrogen and oxygen atoms in total. The molecular formula is C76H93Cl2N9O22. The molecule has 7 aliphatic heterocycles. The predicted octanol–water partition coefficient (Wildman–Crippen LogP) is 4.68. The number of carboxylic acid groups (broad SMARTS) is 1. The van der Waals surface area contributed by atoms with Crippen LogP contribution in [0.1, 0.15) is 163 Å². The summed E-state index contributed by atoms with van der Waals surface area (Å²) in [4.78, 5) is 134. The van der Waals surface area contributed by atoms with Crippen LogP contribution < -0.4 is 62.9 Å². The van der Waals surface area contributed by atoms with Crippen LogP contribution in [0.3, 0.4) is 0 Å². The van der Waals surface area contributed by atoms with Gasteiger partial charge in [-0.2, -0.15) is 0 Å². The number of likely N-dealkylation sites (N-methyl/N-ethyl adjacent to an activating group) is 1. The number of amides is 7. The number of ether oxygens (including phenoxy) is 7. The van der Waals surface area contributed by atoms with E-state index in [1.54, 1.807) is 24.3 Å². The van der Waals surface area contributed by atoms with Gasteiger partial charge in [-0.25, -0.2) is 4.79 Å². The first kappa shape index (κ1) is 82.4. The summed E-state index contributed by atoms with van der Waals surface area (Å²) in [5.74, 6) is -13.2. The van der Waals surface area contributed by atoms with Crippen LogP contribution in [-0.2, 0) is 62.1 Å². The number of halogens is 2. The molecule has 0 unspecified atom stereocenters. The number of esters is 1. The Kier molecular flexibility index (Phi) is 27.3. The molecule has 12 rings (SSSR count). The van der Waals surface area contributed by atoms with Gasteiger partial charge in [0, 0.05) is 18.4 Å². The lowest BCUT2D eigenvalue weighted by molar-refractivity contribution is -0.333. The van der Waals surface area contributed by atoms with Gasteiger partial charge in [0.1, 0.15) is 66.1 Å². The monoisotopic (exact) mass is 1550 g/mol. The number of hydrogen-bond donors (Lipinski definition) is 15. The van der Waals surface area contributed by atoms with E-state index in [1.165, 1.54) is 81.6 Å². The molecule has 588 valence electrons. The number of carbonyl (C=O) groups is 9. The molecule has 0 saturated carbocycles. The smallest absolute Gasteiger partial charge is 0.330 e. The van der Waals surface area contributed by atoms with E-state index in [9.17, 15) is 54.6 Å². The maximum absolute atomic E-state index is 16.3. The van der Waals surface area contributed by atoms with Crippen LogP contribution >= 0.6 is 23.2 Å². The van der Waals surface area contributed by atoms with E-state index in [0.717, 1.165) is 44.2 Å². The van der Waals surface area contributed by atoms with Crippen molar-refractivity contribution in [1.82, 2.24) is 37.2 Å². The fourth-order valence-electron chi connectivity index (χ4n) is 13.8. The Morgan fingerprint density at radius 1 is 0.706 bits per heavy atom. The second-order valence-electron chi connectivity index (χ2n) is 28.6. The second-order valence-corrected chi connectivity index (χ2v) is 29.4. The van der Waals surface area contributed by atoms with Crippen molar-refractivity contribution in [2.45, 2.75) is 214 Å². The van der Waals surface area contributed by atoms with E-state index in [2.05, 4.69) is 44.1 Å². The van der Waals surface area contributed by atoms with Gasteiger partial charge in [-0.1, -0.05) is 137 Å². The number of hydrogen-bond acceptors (Lipinski definition) is 23. The van der Waals surface area contributed by atoms with Crippen molar-refractivity contribution in [1.29, 1.82) is 0 Å². The van der Waals surface area contributed by atoms with Crippen molar-refractivity contribution in [2.75, 3.05) is 13.7 Å². The van der Waals surface area contributed by atoms with Crippen LogP contribution in [0.4, 0.5) is 0 Å². The summed E-state index contributed by atoms with van der Waals surface area (Å²) >= 11 is 14.5. The summed E-state index contributed by atoms with van der Waals surface area (Å²) in [7, 11) is 1.50. The number of aliphatic hydroxyl groups excluding tert-OH is 5. The van der Waals surface area contributed by atoms with Crippen LogP contribution in [0.2, 0.25) is 10.0 Å². The van der Waals surface area contributed by atoms with Crippen LogP contribution in [-0.4, -0.2) is 176 Å². The van der Waals surface area contributed by atoms with E-state index in [-0.39, 0.29) is 85.7 Å². The van der Waals surface area contributed by atoms with Crippen LogP contribution in [0.25, 0.3) is 11.1 Å². The standard InChI is InChI=1S/C76H93Cl2N9O22/c1-7-8-9-10-11-12-13-21-54(90)107-64-40-23-25-49(45(78)29-40)105-51-31-41-30-50(65(51)109-75-66(63(93)62(92)52(34-88)106-75)108-55-33-76(5,80)67(94)36(4)103-55)104-48-24-22-39(28-44(48)77)61(91)59(86-68(95)46(81-6)26-35(2)3)72(99)82-47(32-53(79)89)69(96)83-57(41)71(98)84-56-38-18-16-17-37(27-38)42-19-14-15-20-43(42)58(74(101)102)85-73(100)60(64)87-70(56)97/h14-20,22-25,27-31,35-36,46-47,52,55-64,66-67,75,81,88,91-94H,7-13,21,26,32-34,80H2,1-6H3,(H2,79,89)(H,82,99)(H,83,96)(H,84,98)(H,85,100)(H,86,95)(H,87,97)(H,101,102)/t36-,46+,47-,52+,55-,56+,57+,58-,59+,60-,61+,62+,63-,64+,66+,67+,75-,76-/m0/s1. The number of nitrogens with one attached hydrogen (secondary N) is 7. The molecule has 18 atom stereocenters. The van der Waals surface area contributed by atoms with Crippen molar-refractivity contribution in [3.63, 3.8) is 0 Å². The number of aliphatic hydroxyl groups is 5. The number of carboxylic acids is 1. The molecule has 7 heterocycles. The highest BCUT2D eigenvalue weighted by molar-refractivity contribution is 6.32. The Hall–Kier alpha value is -9.09. The van der Waals surface area contributed by atoms with Crippen molar-refractivity contribution >= 4 is 76.5 Å². The third kappa shape index (κ3) is 19.6.